The summed E-state index contributed by atoms with van der Waals surface area (Å²) in [6.45, 7) is 8.73. The number of hydrogen-bond donors (Lipinski definition) is 0. The summed E-state index contributed by atoms with van der Waals surface area (Å²) in [5.41, 5.74) is -0.756. The van der Waals surface area contributed by atoms with Crippen LogP contribution in [0.5, 0.6) is 0 Å². The molecule has 0 unspecified atom stereocenters. The number of amides is 2. The van der Waals surface area contributed by atoms with Gasteiger partial charge in [0.05, 0.1) is 6.54 Å². The lowest BCUT2D eigenvalue weighted by Crippen LogP contribution is -2.44. The Hall–Kier alpha value is -1.63. The van der Waals surface area contributed by atoms with Gasteiger partial charge in [0.2, 0.25) is 0 Å². The van der Waals surface area contributed by atoms with E-state index in [2.05, 4.69) is 20.9 Å². The van der Waals surface area contributed by atoms with E-state index in [-0.39, 0.29) is 6.54 Å². The van der Waals surface area contributed by atoms with Crippen molar-refractivity contribution in [2.75, 3.05) is 5.33 Å². The van der Waals surface area contributed by atoms with Crippen LogP contribution in [0.15, 0.2) is 24.5 Å². The molecule has 0 aliphatic carbocycles. The average Bonchev–Trinajstić information content (AvgIpc) is 2.43. The predicted molar refractivity (Wildman–Crippen MR) is 90.4 cm³/mol. The molecule has 0 N–H and O–H groups in total. The van der Waals surface area contributed by atoms with E-state index in [1.165, 1.54) is 0 Å². The molecule has 1 heterocycles. The number of pyridine rings is 1. The third-order valence-electron chi connectivity index (χ3n) is 2.58. The van der Waals surface area contributed by atoms with Crippen molar-refractivity contribution in [3.63, 3.8) is 0 Å². The molecule has 1 rings (SSSR count). The first-order valence-corrected chi connectivity index (χ1v) is 8.34. The summed E-state index contributed by atoms with van der Waals surface area (Å²) in [6, 6.07) is 3.50. The molecule has 128 valence electrons. The van der Waals surface area contributed by atoms with Crippen molar-refractivity contribution in [3.05, 3.63) is 30.1 Å². The topological polar surface area (TPSA) is 68.7 Å². The average molecular weight is 387 g/mol. The molecule has 1 aromatic heterocycles. The first-order valence-electron chi connectivity index (χ1n) is 7.22. The number of hydrogen-bond acceptors (Lipinski definition) is 5. The zero-order valence-corrected chi connectivity index (χ0v) is 15.7. The highest BCUT2D eigenvalue weighted by molar-refractivity contribution is 9.09. The van der Waals surface area contributed by atoms with Gasteiger partial charge < -0.3 is 9.47 Å². The van der Waals surface area contributed by atoms with Crippen LogP contribution in [0, 0.1) is 0 Å². The lowest BCUT2D eigenvalue weighted by molar-refractivity contribution is 0.00128. The molecule has 0 bridgehead atoms. The Morgan fingerprint density at radius 1 is 1.17 bits per heavy atom. The number of nitrogens with zero attached hydrogens (tertiary/aromatic N) is 2. The number of rotatable bonds is 4. The van der Waals surface area contributed by atoms with Crippen LogP contribution in [0.25, 0.3) is 0 Å². The van der Waals surface area contributed by atoms with Crippen LogP contribution in [0.3, 0.4) is 0 Å². The zero-order valence-electron chi connectivity index (χ0n) is 14.1. The summed E-state index contributed by atoms with van der Waals surface area (Å²) in [5, 5.41) is 0.445. The molecule has 0 radical (unpaired) electrons. The highest BCUT2D eigenvalue weighted by Gasteiger charge is 2.32. The van der Waals surface area contributed by atoms with Gasteiger partial charge in [0.1, 0.15) is 11.2 Å². The molecule has 0 atom stereocenters. The SMILES string of the molecule is CC(C)(C)OC(=O)N(Cc1cccnc1)C(=O)OC(C)(C)CBr. The first-order chi connectivity index (χ1) is 10.5. The van der Waals surface area contributed by atoms with Crippen LogP contribution in [-0.4, -0.2) is 38.6 Å². The number of imide groups is 1. The van der Waals surface area contributed by atoms with Gasteiger partial charge in [0.15, 0.2) is 0 Å². The summed E-state index contributed by atoms with van der Waals surface area (Å²) in [6.07, 6.45) is 1.69. The molecule has 0 spiro atoms. The van der Waals surface area contributed by atoms with E-state index in [0.29, 0.717) is 10.9 Å². The van der Waals surface area contributed by atoms with Crippen LogP contribution in [0.1, 0.15) is 40.2 Å². The van der Waals surface area contributed by atoms with Gasteiger partial charge in [-0.15, -0.1) is 0 Å². The first kappa shape index (κ1) is 19.4. The number of aromatic nitrogens is 1. The van der Waals surface area contributed by atoms with E-state index in [1.54, 1.807) is 59.1 Å². The number of alkyl halides is 1. The Labute approximate surface area is 145 Å². The van der Waals surface area contributed by atoms with Crippen molar-refractivity contribution >= 4 is 28.1 Å². The highest BCUT2D eigenvalue weighted by Crippen LogP contribution is 2.18. The molecule has 0 aliphatic rings. The largest absolute Gasteiger partial charge is 0.443 e. The minimum absolute atomic E-state index is 0.0277. The van der Waals surface area contributed by atoms with Gasteiger partial charge in [-0.3, -0.25) is 4.98 Å². The number of halogens is 1. The molecular weight excluding hydrogens is 364 g/mol. The van der Waals surface area contributed by atoms with E-state index < -0.39 is 23.4 Å². The molecule has 7 heteroatoms. The smallest absolute Gasteiger partial charge is 0.420 e. The van der Waals surface area contributed by atoms with Crippen LogP contribution in [0.4, 0.5) is 9.59 Å². The second-order valence-corrected chi connectivity index (χ2v) is 7.25. The fourth-order valence-corrected chi connectivity index (χ4v) is 1.63. The van der Waals surface area contributed by atoms with Crippen LogP contribution in [0.2, 0.25) is 0 Å². The third-order valence-corrected chi connectivity index (χ3v) is 3.93. The van der Waals surface area contributed by atoms with Crippen LogP contribution >= 0.6 is 15.9 Å². The van der Waals surface area contributed by atoms with Gasteiger partial charge >= 0.3 is 12.2 Å². The minimum atomic E-state index is -0.757. The predicted octanol–water partition coefficient (Wildman–Crippen LogP) is 4.13. The molecule has 2 amide bonds. The van der Waals surface area contributed by atoms with E-state index in [0.717, 1.165) is 4.90 Å². The summed E-state index contributed by atoms with van der Waals surface area (Å²) in [5.74, 6) is 0. The summed E-state index contributed by atoms with van der Waals surface area (Å²) in [4.78, 5) is 29.7. The Kier molecular flexibility index (Phi) is 6.56. The van der Waals surface area contributed by atoms with Crippen molar-refractivity contribution in [2.24, 2.45) is 0 Å². The van der Waals surface area contributed by atoms with E-state index in [4.69, 9.17) is 9.47 Å². The Bertz CT molecular complexity index is 541. The third kappa shape index (κ3) is 6.99. The number of ether oxygens (including phenoxy) is 2. The van der Waals surface area contributed by atoms with Gasteiger partial charge in [0.25, 0.3) is 0 Å². The molecule has 0 saturated heterocycles. The van der Waals surface area contributed by atoms with Crippen molar-refractivity contribution in [3.8, 4) is 0 Å². The minimum Gasteiger partial charge on any atom is -0.443 e. The molecule has 23 heavy (non-hydrogen) atoms. The van der Waals surface area contributed by atoms with Crippen molar-refractivity contribution < 1.29 is 19.1 Å². The van der Waals surface area contributed by atoms with Crippen LogP contribution < -0.4 is 0 Å². The summed E-state index contributed by atoms with van der Waals surface area (Å²) >= 11 is 3.28. The molecule has 0 aliphatic heterocycles. The second kappa shape index (κ2) is 7.77. The monoisotopic (exact) mass is 386 g/mol. The van der Waals surface area contributed by atoms with Gasteiger partial charge in [-0.1, -0.05) is 22.0 Å². The summed E-state index contributed by atoms with van der Waals surface area (Å²) < 4.78 is 10.7. The van der Waals surface area contributed by atoms with E-state index in [9.17, 15) is 9.59 Å². The molecule has 0 aromatic carbocycles. The van der Waals surface area contributed by atoms with E-state index >= 15 is 0 Å². The van der Waals surface area contributed by atoms with Gasteiger partial charge in [-0.25, -0.2) is 14.5 Å². The van der Waals surface area contributed by atoms with Gasteiger partial charge in [-0.2, -0.15) is 0 Å². The van der Waals surface area contributed by atoms with Gasteiger partial charge in [0, 0.05) is 17.7 Å². The lowest BCUT2D eigenvalue weighted by atomic mass is 10.2. The Balaban J connectivity index is 2.96. The molecular formula is C16H23BrN2O4. The van der Waals surface area contributed by atoms with Crippen molar-refractivity contribution in [2.45, 2.75) is 52.4 Å². The lowest BCUT2D eigenvalue weighted by Gasteiger charge is -2.29. The second-order valence-electron chi connectivity index (χ2n) is 6.69. The van der Waals surface area contributed by atoms with Crippen molar-refractivity contribution in [1.29, 1.82) is 0 Å². The fourth-order valence-electron chi connectivity index (χ4n) is 1.51. The Morgan fingerprint density at radius 2 is 1.78 bits per heavy atom. The van der Waals surface area contributed by atoms with Crippen molar-refractivity contribution in [1.82, 2.24) is 9.88 Å². The normalized spacial score (nSPS) is 11.7. The maximum Gasteiger partial charge on any atom is 0.420 e. The summed E-state index contributed by atoms with van der Waals surface area (Å²) in [7, 11) is 0. The molecule has 6 nitrogen and oxygen atoms in total. The zero-order chi connectivity index (χ0) is 17.7. The Morgan fingerprint density at radius 3 is 2.26 bits per heavy atom. The standard InChI is InChI=1S/C16H23BrN2O4/c1-15(2,3)22-13(20)19(10-12-7-6-8-18-9-12)14(21)23-16(4,5)11-17/h6-9H,10-11H2,1-5H3. The van der Waals surface area contributed by atoms with Gasteiger partial charge in [-0.05, 0) is 46.2 Å². The highest BCUT2D eigenvalue weighted by atomic mass is 79.9. The number of carbonyl (C=O) groups is 2. The molecule has 0 saturated carbocycles. The van der Waals surface area contributed by atoms with E-state index in [1.807, 2.05) is 0 Å². The maximum atomic E-state index is 12.4. The molecule has 0 fully saturated rings. The van der Waals surface area contributed by atoms with Crippen LogP contribution in [-0.2, 0) is 16.0 Å². The quantitative estimate of drug-likeness (QED) is 0.727. The fraction of sp³-hybridized carbons (Fsp3) is 0.562. The number of carbonyl (C=O) groups excluding carboxylic acids is 2. The molecule has 1 aromatic rings. The maximum absolute atomic E-state index is 12.4.